The molecule has 14 heavy (non-hydrogen) atoms. The van der Waals surface area contributed by atoms with Crippen LogP contribution in [-0.4, -0.2) is 9.55 Å². The zero-order valence-electron chi connectivity index (χ0n) is 8.88. The number of nitrogen functional groups attached to an aromatic ring is 1. The number of aromatic nitrogens is 2. The lowest BCUT2D eigenvalue weighted by molar-refractivity contribution is 0.781. The third-order valence-corrected chi connectivity index (χ3v) is 2.29. The topological polar surface area (TPSA) is 43.8 Å². The minimum atomic E-state index is 0.511. The number of nitrogens with two attached hydrogens (primary N) is 1. The number of rotatable bonds is 4. The second kappa shape index (κ2) is 4.71. The fourth-order valence-corrected chi connectivity index (χ4v) is 1.46. The molecule has 0 saturated carbocycles. The van der Waals surface area contributed by atoms with Crippen molar-refractivity contribution in [3.63, 3.8) is 0 Å². The van der Waals surface area contributed by atoms with Crippen molar-refractivity contribution in [1.29, 1.82) is 0 Å². The SMILES string of the molecule is C#CCn1c(C)nc(CCCC)c1N. The van der Waals surface area contributed by atoms with Crippen LogP contribution in [0.1, 0.15) is 31.3 Å². The number of hydrogen-bond donors (Lipinski definition) is 1. The van der Waals surface area contributed by atoms with Gasteiger partial charge in [-0.1, -0.05) is 19.3 Å². The average molecular weight is 191 g/mol. The van der Waals surface area contributed by atoms with Gasteiger partial charge in [-0.3, -0.25) is 0 Å². The lowest BCUT2D eigenvalue weighted by atomic mass is 10.2. The van der Waals surface area contributed by atoms with E-state index in [1.807, 2.05) is 11.5 Å². The molecular weight excluding hydrogens is 174 g/mol. The van der Waals surface area contributed by atoms with Crippen LogP contribution in [0.2, 0.25) is 0 Å². The molecule has 0 radical (unpaired) electrons. The van der Waals surface area contributed by atoms with Gasteiger partial charge in [-0.2, -0.15) is 0 Å². The summed E-state index contributed by atoms with van der Waals surface area (Å²) in [5.41, 5.74) is 6.92. The number of nitrogens with zero attached hydrogens (tertiary/aromatic N) is 2. The van der Waals surface area contributed by atoms with Crippen LogP contribution in [0.15, 0.2) is 0 Å². The van der Waals surface area contributed by atoms with Crippen LogP contribution < -0.4 is 5.73 Å². The van der Waals surface area contributed by atoms with Gasteiger partial charge in [-0.15, -0.1) is 6.42 Å². The van der Waals surface area contributed by atoms with Gasteiger partial charge in [0, 0.05) is 0 Å². The molecule has 1 aromatic heterocycles. The Bertz CT molecular complexity index is 344. The monoisotopic (exact) mass is 191 g/mol. The number of unbranched alkanes of at least 4 members (excludes halogenated alkanes) is 1. The maximum absolute atomic E-state index is 5.94. The summed E-state index contributed by atoms with van der Waals surface area (Å²) < 4.78 is 1.88. The molecule has 1 heterocycles. The smallest absolute Gasteiger partial charge is 0.127 e. The molecule has 0 bridgehead atoms. The fraction of sp³-hybridized carbons (Fsp3) is 0.545. The molecule has 0 aliphatic carbocycles. The number of hydrogen-bond acceptors (Lipinski definition) is 2. The van der Waals surface area contributed by atoms with E-state index in [0.717, 1.165) is 36.6 Å². The van der Waals surface area contributed by atoms with Crippen molar-refractivity contribution in [3.05, 3.63) is 11.5 Å². The molecule has 0 fully saturated rings. The summed E-state index contributed by atoms with van der Waals surface area (Å²) >= 11 is 0. The van der Waals surface area contributed by atoms with Gasteiger partial charge in [-0.25, -0.2) is 4.98 Å². The highest BCUT2D eigenvalue weighted by molar-refractivity contribution is 5.38. The molecule has 0 atom stereocenters. The van der Waals surface area contributed by atoms with Crippen molar-refractivity contribution in [3.8, 4) is 12.3 Å². The number of imidazole rings is 1. The second-order valence-electron chi connectivity index (χ2n) is 3.38. The second-order valence-corrected chi connectivity index (χ2v) is 3.38. The van der Waals surface area contributed by atoms with Crippen LogP contribution in [0.25, 0.3) is 0 Å². The molecule has 0 saturated heterocycles. The third kappa shape index (κ3) is 2.08. The Morgan fingerprint density at radius 3 is 2.86 bits per heavy atom. The summed E-state index contributed by atoms with van der Waals surface area (Å²) in [6.45, 7) is 4.60. The van der Waals surface area contributed by atoms with Gasteiger partial charge in [0.1, 0.15) is 11.6 Å². The Labute approximate surface area is 85.3 Å². The van der Waals surface area contributed by atoms with E-state index in [-0.39, 0.29) is 0 Å². The van der Waals surface area contributed by atoms with Crippen molar-refractivity contribution < 1.29 is 0 Å². The fourth-order valence-electron chi connectivity index (χ4n) is 1.46. The van der Waals surface area contributed by atoms with Crippen LogP contribution >= 0.6 is 0 Å². The van der Waals surface area contributed by atoms with Gasteiger partial charge in [0.2, 0.25) is 0 Å². The van der Waals surface area contributed by atoms with E-state index in [9.17, 15) is 0 Å². The molecule has 0 amide bonds. The van der Waals surface area contributed by atoms with Crippen LogP contribution in [0, 0.1) is 19.3 Å². The summed E-state index contributed by atoms with van der Waals surface area (Å²) in [6.07, 6.45) is 8.47. The number of aryl methyl sites for hydroxylation is 2. The third-order valence-electron chi connectivity index (χ3n) is 2.29. The molecule has 1 aromatic rings. The maximum Gasteiger partial charge on any atom is 0.127 e. The van der Waals surface area contributed by atoms with Gasteiger partial charge in [0.05, 0.1) is 12.2 Å². The highest BCUT2D eigenvalue weighted by Crippen LogP contribution is 2.15. The molecule has 76 valence electrons. The Kier molecular flexibility index (Phi) is 3.58. The summed E-state index contributed by atoms with van der Waals surface area (Å²) in [4.78, 5) is 4.41. The lowest BCUT2D eigenvalue weighted by Crippen LogP contribution is -2.04. The van der Waals surface area contributed by atoms with Crippen molar-refractivity contribution in [1.82, 2.24) is 9.55 Å². The van der Waals surface area contributed by atoms with E-state index >= 15 is 0 Å². The van der Waals surface area contributed by atoms with Crippen LogP contribution in [-0.2, 0) is 13.0 Å². The molecule has 0 aliphatic heterocycles. The average Bonchev–Trinajstić information content (AvgIpc) is 2.43. The number of terminal acetylenes is 1. The maximum atomic E-state index is 5.94. The van der Waals surface area contributed by atoms with E-state index in [4.69, 9.17) is 12.2 Å². The van der Waals surface area contributed by atoms with Gasteiger partial charge in [0.25, 0.3) is 0 Å². The van der Waals surface area contributed by atoms with Crippen molar-refractivity contribution in [2.24, 2.45) is 0 Å². The molecule has 0 spiro atoms. The first-order chi connectivity index (χ1) is 6.70. The standard InChI is InChI=1S/C11H17N3/c1-4-6-7-10-11(12)14(8-5-2)9(3)13-10/h2H,4,6-8,12H2,1,3H3. The molecule has 1 rings (SSSR count). The molecule has 0 unspecified atom stereocenters. The van der Waals surface area contributed by atoms with Crippen LogP contribution in [0.5, 0.6) is 0 Å². The van der Waals surface area contributed by atoms with Crippen molar-refractivity contribution in [2.45, 2.75) is 39.7 Å². The van der Waals surface area contributed by atoms with Crippen LogP contribution in [0.4, 0.5) is 5.82 Å². The first-order valence-corrected chi connectivity index (χ1v) is 4.95. The van der Waals surface area contributed by atoms with Gasteiger partial charge < -0.3 is 10.3 Å². The minimum absolute atomic E-state index is 0.511. The largest absolute Gasteiger partial charge is 0.384 e. The summed E-state index contributed by atoms with van der Waals surface area (Å²) in [5.74, 6) is 4.22. The van der Waals surface area contributed by atoms with Gasteiger partial charge >= 0.3 is 0 Å². The predicted octanol–water partition coefficient (Wildman–Crippen LogP) is 1.75. The summed E-state index contributed by atoms with van der Waals surface area (Å²) in [7, 11) is 0. The van der Waals surface area contributed by atoms with E-state index < -0.39 is 0 Å². The quantitative estimate of drug-likeness (QED) is 0.737. The minimum Gasteiger partial charge on any atom is -0.384 e. The lowest BCUT2D eigenvalue weighted by Gasteiger charge is -2.02. The first kappa shape index (κ1) is 10.6. The zero-order chi connectivity index (χ0) is 10.6. The van der Waals surface area contributed by atoms with Crippen molar-refractivity contribution >= 4 is 5.82 Å². The first-order valence-electron chi connectivity index (χ1n) is 4.95. The van der Waals surface area contributed by atoms with Crippen LogP contribution in [0.3, 0.4) is 0 Å². The molecule has 0 aromatic carbocycles. The van der Waals surface area contributed by atoms with E-state index in [2.05, 4.69) is 17.8 Å². The molecular formula is C11H17N3. The molecule has 2 N–H and O–H groups in total. The zero-order valence-corrected chi connectivity index (χ0v) is 8.88. The van der Waals surface area contributed by atoms with Crippen molar-refractivity contribution in [2.75, 3.05) is 5.73 Å². The Balaban J connectivity index is 2.87. The van der Waals surface area contributed by atoms with E-state index in [1.54, 1.807) is 0 Å². The molecule has 3 nitrogen and oxygen atoms in total. The Hall–Kier alpha value is -1.43. The highest BCUT2D eigenvalue weighted by Gasteiger charge is 2.09. The van der Waals surface area contributed by atoms with E-state index in [0.29, 0.717) is 6.54 Å². The van der Waals surface area contributed by atoms with Gasteiger partial charge in [0.15, 0.2) is 0 Å². The molecule has 0 aliphatic rings. The summed E-state index contributed by atoms with van der Waals surface area (Å²) in [5, 5.41) is 0. The Morgan fingerprint density at radius 1 is 1.57 bits per heavy atom. The van der Waals surface area contributed by atoms with Gasteiger partial charge in [-0.05, 0) is 19.8 Å². The molecule has 3 heteroatoms. The summed E-state index contributed by atoms with van der Waals surface area (Å²) in [6, 6.07) is 0. The number of anilines is 1. The Morgan fingerprint density at radius 2 is 2.29 bits per heavy atom. The predicted molar refractivity (Wildman–Crippen MR) is 58.8 cm³/mol. The van der Waals surface area contributed by atoms with E-state index in [1.165, 1.54) is 0 Å². The normalized spacial score (nSPS) is 10.1. The highest BCUT2D eigenvalue weighted by atomic mass is 15.1.